The number of fused-ring (bicyclic) bond motifs is 1. The fraction of sp³-hybridized carbons (Fsp3) is 0.438. The number of carbonyl (C=O) groups is 1. The van der Waals surface area contributed by atoms with Crippen molar-refractivity contribution in [1.82, 2.24) is 9.88 Å². The van der Waals surface area contributed by atoms with Crippen LogP contribution in [0.5, 0.6) is 0 Å². The van der Waals surface area contributed by atoms with Gasteiger partial charge in [-0.3, -0.25) is 9.78 Å². The molecule has 214 valence electrons. The van der Waals surface area contributed by atoms with E-state index in [0.717, 1.165) is 59.9 Å². The lowest BCUT2D eigenvalue weighted by molar-refractivity contribution is -0.123. The van der Waals surface area contributed by atoms with Crippen LogP contribution in [0.3, 0.4) is 0 Å². The molecule has 1 unspecified atom stereocenters. The van der Waals surface area contributed by atoms with Gasteiger partial charge in [-0.15, -0.1) is 0 Å². The summed E-state index contributed by atoms with van der Waals surface area (Å²) in [6, 6.07) is 11.4. The number of hydrogen-bond acceptors (Lipinski definition) is 6. The number of carbonyl (C=O) groups excluding carboxylic acids is 1. The molecule has 8 heteroatoms. The molecule has 4 N–H and O–H groups in total. The average molecular weight is 565 g/mol. The second-order valence-electron chi connectivity index (χ2n) is 11.4. The van der Waals surface area contributed by atoms with Gasteiger partial charge in [0.15, 0.2) is 0 Å². The third-order valence-electron chi connectivity index (χ3n) is 8.27. The number of allylic oxidation sites excluding steroid dienone is 3. The predicted molar refractivity (Wildman–Crippen MR) is 162 cm³/mol. The molecule has 1 aromatic carbocycles. The van der Waals surface area contributed by atoms with E-state index in [1.165, 1.54) is 0 Å². The van der Waals surface area contributed by atoms with Crippen molar-refractivity contribution in [2.75, 3.05) is 25.0 Å². The van der Waals surface area contributed by atoms with Crippen LogP contribution >= 0.6 is 11.6 Å². The van der Waals surface area contributed by atoms with Crippen molar-refractivity contribution in [3.8, 4) is 0 Å². The Morgan fingerprint density at radius 3 is 2.62 bits per heavy atom. The number of anilines is 1. The van der Waals surface area contributed by atoms with Crippen molar-refractivity contribution in [1.29, 1.82) is 0 Å². The summed E-state index contributed by atoms with van der Waals surface area (Å²) in [6.07, 6.45) is 8.50. The van der Waals surface area contributed by atoms with Gasteiger partial charge in [0.05, 0.1) is 11.3 Å². The Balaban J connectivity index is 1.50. The third kappa shape index (κ3) is 6.95. The zero-order valence-corrected chi connectivity index (χ0v) is 24.5. The van der Waals surface area contributed by atoms with E-state index < -0.39 is 11.1 Å². The molecule has 7 nitrogen and oxygen atoms in total. The number of hydrogen-bond donors (Lipinski definition) is 3. The van der Waals surface area contributed by atoms with Crippen molar-refractivity contribution in [3.05, 3.63) is 88.9 Å². The number of nitrogens with two attached hydrogens (primary N) is 1. The summed E-state index contributed by atoms with van der Waals surface area (Å²) in [5.74, 6) is 0.400. The number of primary amides is 1. The van der Waals surface area contributed by atoms with Crippen LogP contribution in [-0.2, 0) is 16.1 Å². The van der Waals surface area contributed by atoms with E-state index >= 15 is 0 Å². The normalized spacial score (nSPS) is 19.4. The molecule has 1 amide bonds. The zero-order chi connectivity index (χ0) is 28.9. The van der Waals surface area contributed by atoms with E-state index in [4.69, 9.17) is 22.1 Å². The van der Waals surface area contributed by atoms with Crippen LogP contribution in [0.4, 0.5) is 5.69 Å². The van der Waals surface area contributed by atoms with Crippen LogP contribution in [0.1, 0.15) is 57.7 Å². The fourth-order valence-electron chi connectivity index (χ4n) is 5.30. The second kappa shape index (κ2) is 12.6. The highest BCUT2D eigenvalue weighted by Crippen LogP contribution is 2.38. The van der Waals surface area contributed by atoms with Crippen molar-refractivity contribution >= 4 is 28.8 Å². The number of aromatic nitrogens is 1. The topological polar surface area (TPSA) is 101 Å². The smallest absolute Gasteiger partial charge is 0.243 e. The molecular weight excluding hydrogens is 524 g/mol. The van der Waals surface area contributed by atoms with Crippen LogP contribution in [0.15, 0.2) is 72.7 Å². The Labute approximate surface area is 242 Å². The van der Waals surface area contributed by atoms with E-state index in [2.05, 4.69) is 40.8 Å². The predicted octanol–water partition coefficient (Wildman–Crippen LogP) is 5.71. The number of piperidine rings is 1. The third-order valence-corrected chi connectivity index (χ3v) is 8.52. The molecule has 1 aromatic heterocycles. The maximum absolute atomic E-state index is 12.5. The van der Waals surface area contributed by atoms with Gasteiger partial charge in [-0.2, -0.15) is 0 Å². The summed E-state index contributed by atoms with van der Waals surface area (Å²) in [7, 11) is 0. The number of pyridine rings is 1. The maximum atomic E-state index is 12.5. The molecule has 1 atom stereocenters. The Morgan fingerprint density at radius 1 is 1.30 bits per heavy atom. The molecule has 3 heterocycles. The molecule has 0 bridgehead atoms. The molecule has 40 heavy (non-hydrogen) atoms. The van der Waals surface area contributed by atoms with Crippen LogP contribution < -0.4 is 11.1 Å². The lowest BCUT2D eigenvalue weighted by Crippen LogP contribution is -2.57. The van der Waals surface area contributed by atoms with Crippen LogP contribution in [0.25, 0.3) is 5.57 Å². The molecule has 0 radical (unpaired) electrons. The number of rotatable bonds is 10. The summed E-state index contributed by atoms with van der Waals surface area (Å²) >= 11 is 6.02. The summed E-state index contributed by atoms with van der Waals surface area (Å²) in [5, 5.41) is 14.7. The molecule has 2 aliphatic rings. The highest BCUT2D eigenvalue weighted by molar-refractivity contribution is 6.30. The highest BCUT2D eigenvalue weighted by atomic mass is 35.5. The van der Waals surface area contributed by atoms with Gasteiger partial charge < -0.3 is 25.8 Å². The molecule has 0 aliphatic carbocycles. The molecule has 2 aromatic rings. The standard InChI is InChI=1S/C32H41ClN4O3/c1-5-29-27(20-22(2)31(3,4)39)25(26-8-6-16-35-28(26)21-40-29)9-7-17-37-18-14-32(15-19-37,30(34)38)36-24-12-10-23(33)11-13-24/h5-6,8-13,16,22,36,39H,1,7,14-15,17-21H2,2-4H3,(H2,34,38)/b25-9+. The molecule has 4 rings (SSSR count). The largest absolute Gasteiger partial charge is 0.487 e. The monoisotopic (exact) mass is 564 g/mol. The highest BCUT2D eigenvalue weighted by Gasteiger charge is 2.39. The number of nitrogens with zero attached hydrogens (tertiary/aromatic N) is 2. The van der Waals surface area contributed by atoms with E-state index in [9.17, 15) is 9.90 Å². The van der Waals surface area contributed by atoms with Crippen molar-refractivity contribution in [2.45, 2.75) is 64.2 Å². The summed E-state index contributed by atoms with van der Waals surface area (Å²) in [6.45, 7) is 12.5. The van der Waals surface area contributed by atoms with E-state index in [1.807, 2.05) is 32.0 Å². The first-order valence-electron chi connectivity index (χ1n) is 13.9. The van der Waals surface area contributed by atoms with Crippen LogP contribution in [0.2, 0.25) is 5.02 Å². The maximum Gasteiger partial charge on any atom is 0.243 e. The van der Waals surface area contributed by atoms with E-state index in [1.54, 1.807) is 24.4 Å². The van der Waals surface area contributed by atoms with E-state index in [0.29, 0.717) is 30.9 Å². The van der Waals surface area contributed by atoms with Crippen LogP contribution in [-0.4, -0.2) is 51.7 Å². The molecular formula is C32H41ClN4O3. The number of amides is 1. The summed E-state index contributed by atoms with van der Waals surface area (Å²) in [5.41, 5.74) is 9.16. The Morgan fingerprint density at radius 2 is 2.00 bits per heavy atom. The number of benzene rings is 1. The number of ether oxygens (including phenoxy) is 1. The van der Waals surface area contributed by atoms with Gasteiger partial charge in [-0.1, -0.05) is 37.2 Å². The molecule has 1 fully saturated rings. The Kier molecular flexibility index (Phi) is 9.39. The van der Waals surface area contributed by atoms with Gasteiger partial charge in [0.1, 0.15) is 17.9 Å². The Hall–Kier alpha value is -3.13. The number of halogens is 1. The SMILES string of the molecule is C=CC1=C(CC(C)C(C)(C)O)/C(=C/CCN2CCC(Nc3ccc(Cl)cc3)(C(N)=O)CC2)c2cccnc2CO1. The van der Waals surface area contributed by atoms with E-state index in [-0.39, 0.29) is 11.8 Å². The zero-order valence-electron chi connectivity index (χ0n) is 23.8. The first-order chi connectivity index (χ1) is 19.0. The minimum absolute atomic E-state index is 0.000158. The minimum Gasteiger partial charge on any atom is -0.487 e. The van der Waals surface area contributed by atoms with Crippen molar-refractivity contribution < 1.29 is 14.6 Å². The lowest BCUT2D eigenvalue weighted by atomic mass is 9.82. The Bertz CT molecular complexity index is 1270. The summed E-state index contributed by atoms with van der Waals surface area (Å²) < 4.78 is 6.14. The first kappa shape index (κ1) is 29.8. The number of nitrogens with one attached hydrogen (secondary N) is 1. The molecule has 0 spiro atoms. The van der Waals surface area contributed by atoms with Crippen LogP contribution in [0, 0.1) is 5.92 Å². The molecule has 1 saturated heterocycles. The molecule has 2 aliphatic heterocycles. The lowest BCUT2D eigenvalue weighted by Gasteiger charge is -2.40. The van der Waals surface area contributed by atoms with Gasteiger partial charge >= 0.3 is 0 Å². The quantitative estimate of drug-likeness (QED) is 0.342. The first-order valence-corrected chi connectivity index (χ1v) is 14.3. The van der Waals surface area contributed by atoms with Gasteiger partial charge in [-0.05, 0) is 87.4 Å². The van der Waals surface area contributed by atoms with Crippen molar-refractivity contribution in [2.24, 2.45) is 11.7 Å². The minimum atomic E-state index is -0.838. The number of aliphatic hydroxyl groups is 1. The average Bonchev–Trinajstić information content (AvgIpc) is 3.07. The van der Waals surface area contributed by atoms with Gasteiger partial charge in [0.2, 0.25) is 5.91 Å². The van der Waals surface area contributed by atoms with Gasteiger partial charge in [0, 0.05) is 47.7 Å². The fourth-order valence-corrected chi connectivity index (χ4v) is 5.43. The van der Waals surface area contributed by atoms with Gasteiger partial charge in [-0.25, -0.2) is 0 Å². The molecule has 0 saturated carbocycles. The number of likely N-dealkylation sites (tertiary alicyclic amines) is 1. The van der Waals surface area contributed by atoms with Gasteiger partial charge in [0.25, 0.3) is 0 Å². The summed E-state index contributed by atoms with van der Waals surface area (Å²) in [4.78, 5) is 19.5. The van der Waals surface area contributed by atoms with Crippen molar-refractivity contribution in [3.63, 3.8) is 0 Å². The second-order valence-corrected chi connectivity index (χ2v) is 11.9.